The minimum absolute atomic E-state index is 0.189. The maximum absolute atomic E-state index is 13.0. The van der Waals surface area contributed by atoms with Crippen molar-refractivity contribution in [3.05, 3.63) is 95.1 Å². The highest BCUT2D eigenvalue weighted by Crippen LogP contribution is 2.31. The van der Waals surface area contributed by atoms with Crippen LogP contribution in [0.4, 0.5) is 24.5 Å². The molecule has 178 valence electrons. The topological polar surface area (TPSA) is 60.9 Å². The van der Waals surface area contributed by atoms with Gasteiger partial charge in [-0.05, 0) is 60.7 Å². The van der Waals surface area contributed by atoms with Crippen LogP contribution in [0, 0.1) is 0 Å². The molecule has 1 fully saturated rings. The van der Waals surface area contributed by atoms with Gasteiger partial charge < -0.3 is 9.80 Å². The first-order chi connectivity index (χ1) is 16.7. The van der Waals surface area contributed by atoms with Crippen molar-refractivity contribution >= 4 is 29.1 Å². The predicted octanol–water partition coefficient (Wildman–Crippen LogP) is 4.47. The molecule has 2 heterocycles. The molecule has 0 aromatic heterocycles. The van der Waals surface area contributed by atoms with E-state index in [2.05, 4.69) is 0 Å². The highest BCUT2D eigenvalue weighted by molar-refractivity contribution is 6.34. The van der Waals surface area contributed by atoms with E-state index in [1.54, 1.807) is 53.4 Å². The van der Waals surface area contributed by atoms with Crippen LogP contribution in [0.1, 0.15) is 36.6 Å². The number of halogens is 3. The average molecular weight is 479 g/mol. The highest BCUT2D eigenvalue weighted by atomic mass is 19.4. The smallest absolute Gasteiger partial charge is 0.368 e. The van der Waals surface area contributed by atoms with Crippen LogP contribution >= 0.6 is 0 Å². The van der Waals surface area contributed by atoms with Crippen molar-refractivity contribution in [2.45, 2.75) is 6.18 Å². The Hall–Kier alpha value is -4.14. The minimum Gasteiger partial charge on any atom is -0.368 e. The van der Waals surface area contributed by atoms with E-state index in [0.29, 0.717) is 54.2 Å². The van der Waals surface area contributed by atoms with Gasteiger partial charge in [0.2, 0.25) is 0 Å². The number of nitrogens with zero attached hydrogens (tertiary/aromatic N) is 3. The number of amides is 3. The third-order valence-corrected chi connectivity index (χ3v) is 6.29. The Morgan fingerprint density at radius 1 is 0.686 bits per heavy atom. The Morgan fingerprint density at radius 2 is 1.20 bits per heavy atom. The first-order valence-corrected chi connectivity index (χ1v) is 11.0. The molecule has 0 bridgehead atoms. The largest absolute Gasteiger partial charge is 0.416 e. The number of benzene rings is 3. The Labute approximate surface area is 199 Å². The Balaban J connectivity index is 1.23. The van der Waals surface area contributed by atoms with Gasteiger partial charge in [-0.2, -0.15) is 13.2 Å². The summed E-state index contributed by atoms with van der Waals surface area (Å²) in [5.74, 6) is -0.987. The molecule has 0 unspecified atom stereocenters. The molecular formula is C26H20F3N3O3. The third-order valence-electron chi connectivity index (χ3n) is 6.29. The summed E-state index contributed by atoms with van der Waals surface area (Å²) in [7, 11) is 0. The summed E-state index contributed by atoms with van der Waals surface area (Å²) >= 11 is 0. The molecule has 0 N–H and O–H groups in total. The SMILES string of the molecule is O=C(c1ccc(N2C(=O)c3ccccc3C2=O)cc1)N1CCN(c2ccc(C(F)(F)F)cc2)CC1. The van der Waals surface area contributed by atoms with E-state index in [0.717, 1.165) is 17.0 Å². The Kier molecular flexibility index (Phi) is 5.55. The maximum Gasteiger partial charge on any atom is 0.416 e. The zero-order chi connectivity index (χ0) is 24.7. The predicted molar refractivity (Wildman–Crippen MR) is 124 cm³/mol. The van der Waals surface area contributed by atoms with E-state index in [-0.39, 0.29) is 5.91 Å². The van der Waals surface area contributed by atoms with Crippen molar-refractivity contribution in [3.8, 4) is 0 Å². The third kappa shape index (κ3) is 4.14. The molecule has 2 aliphatic heterocycles. The first-order valence-electron chi connectivity index (χ1n) is 11.0. The second-order valence-electron chi connectivity index (χ2n) is 8.36. The number of carbonyl (C=O) groups excluding carboxylic acids is 3. The number of imide groups is 1. The van der Waals surface area contributed by atoms with Gasteiger partial charge in [-0.1, -0.05) is 12.1 Å². The summed E-state index contributed by atoms with van der Waals surface area (Å²) in [6.45, 7) is 1.81. The van der Waals surface area contributed by atoms with Crippen LogP contribution in [0.15, 0.2) is 72.8 Å². The number of rotatable bonds is 3. The minimum atomic E-state index is -4.38. The molecule has 0 aliphatic carbocycles. The molecule has 0 spiro atoms. The van der Waals surface area contributed by atoms with Gasteiger partial charge in [0.1, 0.15) is 0 Å². The van der Waals surface area contributed by atoms with Gasteiger partial charge in [0.25, 0.3) is 17.7 Å². The monoisotopic (exact) mass is 479 g/mol. The zero-order valence-electron chi connectivity index (χ0n) is 18.5. The van der Waals surface area contributed by atoms with Gasteiger partial charge in [-0.15, -0.1) is 0 Å². The first kappa shape index (κ1) is 22.6. The van der Waals surface area contributed by atoms with E-state index >= 15 is 0 Å². The van der Waals surface area contributed by atoms with E-state index in [1.807, 2.05) is 4.90 Å². The van der Waals surface area contributed by atoms with Gasteiger partial charge in [0.05, 0.1) is 22.4 Å². The highest BCUT2D eigenvalue weighted by Gasteiger charge is 2.36. The van der Waals surface area contributed by atoms with Crippen molar-refractivity contribution < 1.29 is 27.6 Å². The summed E-state index contributed by atoms with van der Waals surface area (Å²) < 4.78 is 38.3. The number of alkyl halides is 3. The molecule has 3 amide bonds. The summed E-state index contributed by atoms with van der Waals surface area (Å²) in [5.41, 5.74) is 1.50. The fourth-order valence-electron chi connectivity index (χ4n) is 4.39. The molecule has 3 aromatic carbocycles. The number of hydrogen-bond donors (Lipinski definition) is 0. The molecule has 5 rings (SSSR count). The number of carbonyl (C=O) groups is 3. The Bertz CT molecular complexity index is 1260. The molecule has 3 aromatic rings. The molecule has 6 nitrogen and oxygen atoms in total. The number of hydrogen-bond acceptors (Lipinski definition) is 4. The maximum atomic E-state index is 13.0. The normalized spacial score (nSPS) is 16.0. The van der Waals surface area contributed by atoms with Crippen molar-refractivity contribution in [1.29, 1.82) is 0 Å². The molecule has 0 atom stereocenters. The van der Waals surface area contributed by atoms with Crippen LogP contribution in [0.25, 0.3) is 0 Å². The van der Waals surface area contributed by atoms with Crippen LogP contribution in [-0.4, -0.2) is 48.8 Å². The molecule has 0 saturated carbocycles. The van der Waals surface area contributed by atoms with Gasteiger partial charge in [-0.3, -0.25) is 14.4 Å². The molecule has 2 aliphatic rings. The van der Waals surface area contributed by atoms with Crippen LogP contribution in [0.3, 0.4) is 0 Å². The fourth-order valence-corrected chi connectivity index (χ4v) is 4.39. The van der Waals surface area contributed by atoms with E-state index in [1.165, 1.54) is 12.1 Å². The van der Waals surface area contributed by atoms with Crippen molar-refractivity contribution in [2.75, 3.05) is 36.0 Å². The summed E-state index contributed by atoms with van der Waals surface area (Å²) in [6.07, 6.45) is -4.38. The summed E-state index contributed by atoms with van der Waals surface area (Å²) in [6, 6.07) is 17.9. The lowest BCUT2D eigenvalue weighted by molar-refractivity contribution is -0.137. The zero-order valence-corrected chi connectivity index (χ0v) is 18.5. The summed E-state index contributed by atoms with van der Waals surface area (Å²) in [5, 5.41) is 0. The van der Waals surface area contributed by atoms with Gasteiger partial charge in [-0.25, -0.2) is 4.90 Å². The van der Waals surface area contributed by atoms with Gasteiger partial charge >= 0.3 is 6.18 Å². The average Bonchev–Trinajstić information content (AvgIpc) is 3.13. The van der Waals surface area contributed by atoms with Crippen molar-refractivity contribution in [2.24, 2.45) is 0 Å². The van der Waals surface area contributed by atoms with Crippen molar-refractivity contribution in [1.82, 2.24) is 4.90 Å². The molecular weight excluding hydrogens is 459 g/mol. The lowest BCUT2D eigenvalue weighted by atomic mass is 10.1. The fraction of sp³-hybridized carbons (Fsp3) is 0.192. The van der Waals surface area contributed by atoms with Crippen LogP contribution in [0.5, 0.6) is 0 Å². The number of fused-ring (bicyclic) bond motifs is 1. The molecule has 1 saturated heterocycles. The Morgan fingerprint density at radius 3 is 1.71 bits per heavy atom. The standard InChI is InChI=1S/C26H20F3N3O3/c27-26(28,29)18-7-11-19(12-8-18)30-13-15-31(16-14-30)23(33)17-5-9-20(10-6-17)32-24(34)21-3-1-2-4-22(21)25(32)35/h1-12H,13-16H2. The van der Waals surface area contributed by atoms with Gasteiger partial charge in [0, 0.05) is 37.4 Å². The second kappa shape index (κ2) is 8.57. The second-order valence-corrected chi connectivity index (χ2v) is 8.36. The number of piperazine rings is 1. The van der Waals surface area contributed by atoms with Crippen LogP contribution < -0.4 is 9.80 Å². The molecule has 9 heteroatoms. The van der Waals surface area contributed by atoms with E-state index in [4.69, 9.17) is 0 Å². The van der Waals surface area contributed by atoms with Crippen LogP contribution in [-0.2, 0) is 6.18 Å². The van der Waals surface area contributed by atoms with Crippen molar-refractivity contribution in [3.63, 3.8) is 0 Å². The van der Waals surface area contributed by atoms with Crippen LogP contribution in [0.2, 0.25) is 0 Å². The summed E-state index contributed by atoms with van der Waals surface area (Å²) in [4.78, 5) is 43.0. The van der Waals surface area contributed by atoms with E-state index < -0.39 is 23.6 Å². The lowest BCUT2D eigenvalue weighted by Gasteiger charge is -2.36. The molecule has 35 heavy (non-hydrogen) atoms. The molecule has 0 radical (unpaired) electrons. The van der Waals surface area contributed by atoms with E-state index in [9.17, 15) is 27.6 Å². The quantitative estimate of drug-likeness (QED) is 0.521. The van der Waals surface area contributed by atoms with Gasteiger partial charge in [0.15, 0.2) is 0 Å². The lowest BCUT2D eigenvalue weighted by Crippen LogP contribution is -2.48. The number of anilines is 2.